The number of nitrogens with one attached hydrogen (secondary N) is 1. The lowest BCUT2D eigenvalue weighted by molar-refractivity contribution is 0.0996. The lowest BCUT2D eigenvalue weighted by atomic mass is 10.2. The molecule has 1 heterocycles. The van der Waals surface area contributed by atoms with Gasteiger partial charge in [-0.15, -0.1) is 24.0 Å². The van der Waals surface area contributed by atoms with Crippen LogP contribution in [0.4, 0.5) is 5.69 Å². The van der Waals surface area contributed by atoms with E-state index in [-0.39, 0.29) is 35.6 Å². The Hall–Kier alpha value is -2.03. The Bertz CT molecular complexity index is 672. The summed E-state index contributed by atoms with van der Waals surface area (Å²) in [5.41, 5.74) is 1.74. The number of amides is 1. The first-order valence-corrected chi connectivity index (χ1v) is 7.30. The maximum absolute atomic E-state index is 12.0. The molecule has 130 valence electrons. The van der Waals surface area contributed by atoms with Crippen LogP contribution in [-0.4, -0.2) is 49.9 Å². The number of halogens is 1. The molecule has 0 saturated heterocycles. The standard InChI is InChI=1S/C17H22N4O2.HI/c1-20(2)17(21(3)4)18-12-13-7-5-8-14(11-13)19-16(22)15-9-6-10-23-15;/h5-11H,12H2,1-4H3,(H,19,22);1H. The van der Waals surface area contributed by atoms with Crippen LogP contribution in [0, 0.1) is 0 Å². The maximum atomic E-state index is 12.0. The summed E-state index contributed by atoms with van der Waals surface area (Å²) in [4.78, 5) is 20.5. The van der Waals surface area contributed by atoms with Gasteiger partial charge in [0.1, 0.15) is 0 Å². The molecule has 0 bridgehead atoms. The third-order valence-electron chi connectivity index (χ3n) is 3.13. The van der Waals surface area contributed by atoms with Crippen LogP contribution in [0.25, 0.3) is 0 Å². The number of hydrogen-bond acceptors (Lipinski definition) is 3. The molecule has 0 radical (unpaired) electrons. The number of anilines is 1. The summed E-state index contributed by atoms with van der Waals surface area (Å²) in [6, 6.07) is 10.9. The van der Waals surface area contributed by atoms with Gasteiger partial charge in [-0.2, -0.15) is 0 Å². The Labute approximate surface area is 159 Å². The van der Waals surface area contributed by atoms with E-state index in [9.17, 15) is 4.79 Å². The third-order valence-corrected chi connectivity index (χ3v) is 3.13. The number of benzene rings is 1. The molecule has 24 heavy (non-hydrogen) atoms. The number of nitrogens with zero attached hydrogens (tertiary/aromatic N) is 3. The highest BCUT2D eigenvalue weighted by atomic mass is 127. The van der Waals surface area contributed by atoms with Crippen molar-refractivity contribution >= 4 is 41.5 Å². The molecule has 1 N–H and O–H groups in total. The predicted molar refractivity (Wildman–Crippen MR) is 107 cm³/mol. The van der Waals surface area contributed by atoms with E-state index in [1.54, 1.807) is 12.1 Å². The number of carbonyl (C=O) groups is 1. The molecule has 0 spiro atoms. The van der Waals surface area contributed by atoms with Gasteiger partial charge >= 0.3 is 0 Å². The Balaban J connectivity index is 0.00000288. The van der Waals surface area contributed by atoms with Crippen LogP contribution in [0.15, 0.2) is 52.1 Å². The molecule has 0 fully saturated rings. The fraction of sp³-hybridized carbons (Fsp3) is 0.294. The SMILES string of the molecule is CN(C)C(=NCc1cccc(NC(=O)c2ccco2)c1)N(C)C.I. The second kappa shape index (κ2) is 9.31. The van der Waals surface area contributed by atoms with Crippen molar-refractivity contribution in [2.24, 2.45) is 4.99 Å². The van der Waals surface area contributed by atoms with Gasteiger partial charge in [0, 0.05) is 33.9 Å². The highest BCUT2D eigenvalue weighted by Crippen LogP contribution is 2.13. The fourth-order valence-electron chi connectivity index (χ4n) is 2.19. The van der Waals surface area contributed by atoms with Crippen LogP contribution in [0.2, 0.25) is 0 Å². The average Bonchev–Trinajstić information content (AvgIpc) is 3.01. The molecule has 7 heteroatoms. The van der Waals surface area contributed by atoms with Gasteiger partial charge in [-0.05, 0) is 29.8 Å². The Morgan fingerprint density at radius 1 is 1.12 bits per heavy atom. The summed E-state index contributed by atoms with van der Waals surface area (Å²) in [7, 11) is 7.83. The molecule has 2 rings (SSSR count). The normalized spacial score (nSPS) is 9.67. The number of hydrogen-bond donors (Lipinski definition) is 1. The van der Waals surface area contributed by atoms with Crippen molar-refractivity contribution in [2.75, 3.05) is 33.5 Å². The van der Waals surface area contributed by atoms with Gasteiger partial charge in [-0.25, -0.2) is 4.99 Å². The monoisotopic (exact) mass is 442 g/mol. The number of furan rings is 1. The first kappa shape index (κ1) is 20.0. The summed E-state index contributed by atoms with van der Waals surface area (Å²) < 4.78 is 5.08. The van der Waals surface area contributed by atoms with E-state index in [0.717, 1.165) is 17.2 Å². The van der Waals surface area contributed by atoms with Gasteiger partial charge in [0.05, 0.1) is 12.8 Å². The quantitative estimate of drug-likeness (QED) is 0.449. The van der Waals surface area contributed by atoms with Gasteiger partial charge in [-0.1, -0.05) is 12.1 Å². The molecule has 1 aromatic heterocycles. The van der Waals surface area contributed by atoms with E-state index >= 15 is 0 Å². The van der Waals surface area contributed by atoms with E-state index in [4.69, 9.17) is 4.42 Å². The Morgan fingerprint density at radius 2 is 1.83 bits per heavy atom. The van der Waals surface area contributed by atoms with E-state index < -0.39 is 0 Å². The van der Waals surface area contributed by atoms with Crippen molar-refractivity contribution in [1.29, 1.82) is 0 Å². The molecule has 0 saturated carbocycles. The van der Waals surface area contributed by atoms with E-state index in [1.165, 1.54) is 6.26 Å². The highest BCUT2D eigenvalue weighted by Gasteiger charge is 2.09. The number of rotatable bonds is 4. The zero-order valence-electron chi connectivity index (χ0n) is 14.3. The zero-order valence-corrected chi connectivity index (χ0v) is 16.6. The minimum absolute atomic E-state index is 0. The molecule has 1 amide bonds. The van der Waals surface area contributed by atoms with Gasteiger partial charge in [-0.3, -0.25) is 4.79 Å². The van der Waals surface area contributed by atoms with Crippen LogP contribution in [-0.2, 0) is 6.54 Å². The summed E-state index contributed by atoms with van der Waals surface area (Å²) in [6.45, 7) is 0.538. The van der Waals surface area contributed by atoms with Crippen LogP contribution in [0.1, 0.15) is 16.1 Å². The molecule has 2 aromatic rings. The highest BCUT2D eigenvalue weighted by molar-refractivity contribution is 14.0. The topological polar surface area (TPSA) is 61.1 Å². The molecule has 0 aliphatic heterocycles. The number of guanidine groups is 1. The second-order valence-electron chi connectivity index (χ2n) is 5.54. The van der Waals surface area contributed by atoms with Crippen molar-refractivity contribution in [3.05, 3.63) is 54.0 Å². The summed E-state index contributed by atoms with van der Waals surface area (Å²) in [5.74, 6) is 0.906. The fourth-order valence-corrected chi connectivity index (χ4v) is 2.19. The molecule has 0 aliphatic rings. The van der Waals surface area contributed by atoms with Crippen LogP contribution < -0.4 is 5.32 Å². The van der Waals surface area contributed by atoms with Gasteiger partial charge in [0.15, 0.2) is 11.7 Å². The lowest BCUT2D eigenvalue weighted by Crippen LogP contribution is -2.35. The molecule has 0 atom stereocenters. The smallest absolute Gasteiger partial charge is 0.291 e. The van der Waals surface area contributed by atoms with Crippen molar-refractivity contribution < 1.29 is 9.21 Å². The van der Waals surface area contributed by atoms with Crippen molar-refractivity contribution in [1.82, 2.24) is 9.80 Å². The van der Waals surface area contributed by atoms with Crippen molar-refractivity contribution in [3.63, 3.8) is 0 Å². The predicted octanol–water partition coefficient (Wildman–Crippen LogP) is 3.13. The number of carbonyl (C=O) groups excluding carboxylic acids is 1. The first-order chi connectivity index (χ1) is 11.0. The van der Waals surface area contributed by atoms with Crippen LogP contribution >= 0.6 is 24.0 Å². The van der Waals surface area contributed by atoms with E-state index in [2.05, 4.69) is 10.3 Å². The third kappa shape index (κ3) is 5.55. The van der Waals surface area contributed by atoms with Gasteiger partial charge < -0.3 is 19.5 Å². The van der Waals surface area contributed by atoms with E-state index in [1.807, 2.05) is 62.3 Å². The molecule has 6 nitrogen and oxygen atoms in total. The van der Waals surface area contributed by atoms with Crippen molar-refractivity contribution in [3.8, 4) is 0 Å². The second-order valence-corrected chi connectivity index (χ2v) is 5.54. The summed E-state index contributed by atoms with van der Waals surface area (Å²) in [6.07, 6.45) is 1.48. The van der Waals surface area contributed by atoms with Crippen molar-refractivity contribution in [2.45, 2.75) is 6.54 Å². The van der Waals surface area contributed by atoms with Gasteiger partial charge in [0.25, 0.3) is 5.91 Å². The minimum Gasteiger partial charge on any atom is -0.459 e. The molecule has 0 unspecified atom stereocenters. The van der Waals surface area contributed by atoms with E-state index in [0.29, 0.717) is 6.54 Å². The minimum atomic E-state index is -0.266. The maximum Gasteiger partial charge on any atom is 0.291 e. The summed E-state index contributed by atoms with van der Waals surface area (Å²) >= 11 is 0. The molecular weight excluding hydrogens is 419 g/mol. The lowest BCUT2D eigenvalue weighted by Gasteiger charge is -2.22. The number of aliphatic imine (C=N–C) groups is 1. The summed E-state index contributed by atoms with van der Waals surface area (Å²) in [5, 5.41) is 2.82. The molecule has 0 aliphatic carbocycles. The first-order valence-electron chi connectivity index (χ1n) is 7.30. The molecular formula is C17H23IN4O2. The van der Waals surface area contributed by atoms with Gasteiger partial charge in [0.2, 0.25) is 0 Å². The Kier molecular flexibility index (Phi) is 7.76. The van der Waals surface area contributed by atoms with Crippen LogP contribution in [0.5, 0.6) is 0 Å². The van der Waals surface area contributed by atoms with Crippen LogP contribution in [0.3, 0.4) is 0 Å². The zero-order chi connectivity index (χ0) is 16.8. The Morgan fingerprint density at radius 3 is 2.42 bits per heavy atom. The average molecular weight is 442 g/mol. The molecule has 1 aromatic carbocycles. The largest absolute Gasteiger partial charge is 0.459 e.